The molecule has 0 saturated heterocycles. The molecule has 2 N–H and O–H groups in total. The van der Waals surface area contributed by atoms with Gasteiger partial charge in [0, 0.05) is 11.6 Å². The van der Waals surface area contributed by atoms with Gasteiger partial charge in [-0.05, 0) is 41.8 Å². The highest BCUT2D eigenvalue weighted by molar-refractivity contribution is 7.94. The van der Waals surface area contributed by atoms with Crippen LogP contribution in [-0.4, -0.2) is 15.0 Å². The van der Waals surface area contributed by atoms with Gasteiger partial charge >= 0.3 is 0 Å². The predicted octanol–water partition coefficient (Wildman–Crippen LogP) is 3.97. The highest BCUT2D eigenvalue weighted by Gasteiger charge is 2.18. The molecule has 1 aromatic heterocycles. The Morgan fingerprint density at radius 3 is 2.71 bits per heavy atom. The van der Waals surface area contributed by atoms with E-state index in [0.29, 0.717) is 16.6 Å². The Hall–Kier alpha value is -0.790. The van der Waals surface area contributed by atoms with Crippen LogP contribution in [0.4, 0.5) is 5.69 Å². The van der Waals surface area contributed by atoms with E-state index in [0.717, 1.165) is 12.1 Å². The Balaban J connectivity index is 2.22. The molecule has 0 unspecified atom stereocenters. The van der Waals surface area contributed by atoms with Gasteiger partial charge in [0.05, 0.1) is 10.7 Å². The summed E-state index contributed by atoms with van der Waals surface area (Å²) in [6.07, 6.45) is 0. The number of hydrogen-bond acceptors (Lipinski definition) is 4. The lowest BCUT2D eigenvalue weighted by molar-refractivity contribution is 0.603. The van der Waals surface area contributed by atoms with Crippen molar-refractivity contribution in [1.29, 1.82) is 0 Å². The van der Waals surface area contributed by atoms with Gasteiger partial charge < -0.3 is 5.32 Å². The summed E-state index contributed by atoms with van der Waals surface area (Å²) in [6.45, 7) is 3.46. The third-order valence-electron chi connectivity index (χ3n) is 2.65. The van der Waals surface area contributed by atoms with Gasteiger partial charge in [0.1, 0.15) is 4.21 Å². The van der Waals surface area contributed by atoms with Crippen LogP contribution < -0.4 is 10.0 Å². The van der Waals surface area contributed by atoms with E-state index in [4.69, 9.17) is 23.2 Å². The monoisotopic (exact) mass is 364 g/mol. The zero-order chi connectivity index (χ0) is 15.5. The predicted molar refractivity (Wildman–Crippen MR) is 89.0 cm³/mol. The van der Waals surface area contributed by atoms with E-state index >= 15 is 0 Å². The quantitative estimate of drug-likeness (QED) is 0.815. The summed E-state index contributed by atoms with van der Waals surface area (Å²) >= 11 is 13.0. The van der Waals surface area contributed by atoms with Crippen LogP contribution in [0.1, 0.15) is 12.5 Å². The molecule has 0 aliphatic carbocycles. The summed E-state index contributed by atoms with van der Waals surface area (Å²) in [7, 11) is -3.66. The average molecular weight is 365 g/mol. The van der Waals surface area contributed by atoms with Crippen molar-refractivity contribution < 1.29 is 8.42 Å². The van der Waals surface area contributed by atoms with Crippen LogP contribution in [0, 0.1) is 0 Å². The van der Waals surface area contributed by atoms with Gasteiger partial charge in [0.15, 0.2) is 0 Å². The number of nitrogens with one attached hydrogen (secondary N) is 2. The molecular formula is C13H14Cl2N2O2S2. The molecule has 4 nitrogen and oxygen atoms in total. The van der Waals surface area contributed by atoms with Gasteiger partial charge in [0.2, 0.25) is 0 Å². The van der Waals surface area contributed by atoms with Crippen molar-refractivity contribution in [3.05, 3.63) is 45.3 Å². The number of anilines is 1. The Morgan fingerprint density at radius 2 is 2.00 bits per heavy atom. The van der Waals surface area contributed by atoms with E-state index in [9.17, 15) is 8.42 Å². The Bertz CT molecular complexity index is 730. The lowest BCUT2D eigenvalue weighted by Gasteiger charge is -2.08. The number of sulfonamides is 1. The molecule has 0 spiro atoms. The molecule has 0 radical (unpaired) electrons. The van der Waals surface area contributed by atoms with E-state index in [-0.39, 0.29) is 9.90 Å². The van der Waals surface area contributed by atoms with Crippen molar-refractivity contribution in [3.8, 4) is 0 Å². The van der Waals surface area contributed by atoms with E-state index in [2.05, 4.69) is 10.0 Å². The fourth-order valence-corrected chi connectivity index (χ4v) is 4.30. The molecule has 1 heterocycles. The average Bonchev–Trinajstić information content (AvgIpc) is 2.90. The highest BCUT2D eigenvalue weighted by Crippen LogP contribution is 2.29. The summed E-state index contributed by atoms with van der Waals surface area (Å²) in [5.41, 5.74) is 1.20. The molecule has 0 aliphatic heterocycles. The SMILES string of the molecule is CCNCc1csc(S(=O)(=O)Nc2cc(Cl)ccc2Cl)c1. The molecule has 0 amide bonds. The lowest BCUT2D eigenvalue weighted by Crippen LogP contribution is -2.13. The van der Waals surface area contributed by atoms with E-state index in [1.807, 2.05) is 12.3 Å². The van der Waals surface area contributed by atoms with Crippen molar-refractivity contribution in [3.63, 3.8) is 0 Å². The Kier molecular flexibility index (Phi) is 5.51. The molecule has 8 heteroatoms. The first-order valence-corrected chi connectivity index (χ1v) is 9.30. The van der Waals surface area contributed by atoms with Crippen LogP contribution in [0.25, 0.3) is 0 Å². The minimum Gasteiger partial charge on any atom is -0.313 e. The molecule has 0 saturated carbocycles. The van der Waals surface area contributed by atoms with E-state index < -0.39 is 10.0 Å². The zero-order valence-corrected chi connectivity index (χ0v) is 14.3. The molecule has 2 aromatic rings. The maximum absolute atomic E-state index is 12.3. The molecule has 2 rings (SSSR count). The first-order valence-electron chi connectivity index (χ1n) is 6.18. The minimum atomic E-state index is -3.66. The van der Waals surface area contributed by atoms with Crippen molar-refractivity contribution in [2.75, 3.05) is 11.3 Å². The minimum absolute atomic E-state index is 0.242. The second-order valence-electron chi connectivity index (χ2n) is 4.28. The Labute approximate surface area is 138 Å². The van der Waals surface area contributed by atoms with E-state index in [1.165, 1.54) is 17.4 Å². The van der Waals surface area contributed by atoms with Crippen LogP contribution >= 0.6 is 34.5 Å². The summed E-state index contributed by atoms with van der Waals surface area (Å²) in [5, 5.41) is 5.68. The van der Waals surface area contributed by atoms with Crippen molar-refractivity contribution in [2.45, 2.75) is 17.7 Å². The van der Waals surface area contributed by atoms with Crippen LogP contribution in [-0.2, 0) is 16.6 Å². The fourth-order valence-electron chi connectivity index (χ4n) is 1.63. The Morgan fingerprint density at radius 1 is 1.24 bits per heavy atom. The van der Waals surface area contributed by atoms with Gasteiger partial charge in [-0.2, -0.15) is 0 Å². The van der Waals surface area contributed by atoms with Gasteiger partial charge in [-0.1, -0.05) is 30.1 Å². The van der Waals surface area contributed by atoms with Crippen molar-refractivity contribution >= 4 is 50.2 Å². The largest absolute Gasteiger partial charge is 0.313 e. The third kappa shape index (κ3) is 4.34. The van der Waals surface area contributed by atoms with Crippen LogP contribution in [0.5, 0.6) is 0 Å². The summed E-state index contributed by atoms with van der Waals surface area (Å²) in [4.78, 5) is 0. The molecule has 0 bridgehead atoms. The maximum Gasteiger partial charge on any atom is 0.271 e. The number of thiophene rings is 1. The first kappa shape index (κ1) is 16.6. The van der Waals surface area contributed by atoms with Gasteiger partial charge in [0.25, 0.3) is 10.0 Å². The lowest BCUT2D eigenvalue weighted by atomic mass is 10.3. The fraction of sp³-hybridized carbons (Fsp3) is 0.231. The smallest absolute Gasteiger partial charge is 0.271 e. The molecular weight excluding hydrogens is 351 g/mol. The van der Waals surface area contributed by atoms with Gasteiger partial charge in [-0.15, -0.1) is 11.3 Å². The maximum atomic E-state index is 12.3. The number of rotatable bonds is 6. The number of benzene rings is 1. The second-order valence-corrected chi connectivity index (χ2v) is 7.95. The number of halogens is 2. The van der Waals surface area contributed by atoms with Crippen LogP contribution in [0.2, 0.25) is 10.0 Å². The summed E-state index contributed by atoms with van der Waals surface area (Å²) in [5.74, 6) is 0. The van der Waals surface area contributed by atoms with E-state index in [1.54, 1.807) is 18.2 Å². The zero-order valence-electron chi connectivity index (χ0n) is 11.2. The normalized spacial score (nSPS) is 11.6. The second kappa shape index (κ2) is 6.98. The molecule has 1 aromatic carbocycles. The molecule has 114 valence electrons. The molecule has 0 atom stereocenters. The van der Waals surface area contributed by atoms with Crippen molar-refractivity contribution in [2.24, 2.45) is 0 Å². The molecule has 21 heavy (non-hydrogen) atoms. The number of hydrogen-bond donors (Lipinski definition) is 2. The van der Waals surface area contributed by atoms with Crippen LogP contribution in [0.15, 0.2) is 33.9 Å². The molecule has 0 fully saturated rings. The highest BCUT2D eigenvalue weighted by atomic mass is 35.5. The van der Waals surface area contributed by atoms with Crippen LogP contribution in [0.3, 0.4) is 0 Å². The first-order chi connectivity index (χ1) is 9.92. The summed E-state index contributed by atoms with van der Waals surface area (Å²) < 4.78 is 27.4. The topological polar surface area (TPSA) is 58.2 Å². The van der Waals surface area contributed by atoms with Crippen molar-refractivity contribution in [1.82, 2.24) is 5.32 Å². The van der Waals surface area contributed by atoms with Gasteiger partial charge in [-0.25, -0.2) is 8.42 Å². The molecule has 0 aliphatic rings. The van der Waals surface area contributed by atoms with Gasteiger partial charge in [-0.3, -0.25) is 4.72 Å². The summed E-state index contributed by atoms with van der Waals surface area (Å²) in [6, 6.07) is 6.27. The standard InChI is InChI=1S/C13H14Cl2N2O2S2/c1-2-16-7-9-5-13(20-8-9)21(18,19)17-12-6-10(14)3-4-11(12)15/h3-6,8,16-17H,2,7H2,1H3. The third-order valence-corrected chi connectivity index (χ3v) is 6.06.